The zero-order valence-electron chi connectivity index (χ0n) is 24.1. The Hall–Kier alpha value is -3.27. The first-order valence-electron chi connectivity index (χ1n) is 13.8. The first-order valence-corrected chi connectivity index (χ1v) is 16.4. The third-order valence-electron chi connectivity index (χ3n) is 6.54. The van der Waals surface area contributed by atoms with Crippen LogP contribution in [0.1, 0.15) is 37.8 Å². The Morgan fingerprint density at radius 2 is 1.62 bits per heavy atom. The molecule has 0 spiro atoms. The minimum Gasteiger partial charge on any atom is -0.492 e. The molecule has 0 heterocycles. The summed E-state index contributed by atoms with van der Waals surface area (Å²) >= 11 is 12.4. The molecule has 0 radical (unpaired) electrons. The van der Waals surface area contributed by atoms with Crippen LogP contribution in [0.2, 0.25) is 10.0 Å². The van der Waals surface area contributed by atoms with Gasteiger partial charge < -0.3 is 15.0 Å². The lowest BCUT2D eigenvalue weighted by Crippen LogP contribution is -2.50. The van der Waals surface area contributed by atoms with E-state index in [1.54, 1.807) is 42.5 Å². The third-order valence-corrected chi connectivity index (χ3v) is 8.46. The molecule has 0 saturated carbocycles. The quantitative estimate of drug-likeness (QED) is 0.231. The Balaban J connectivity index is 1.90. The van der Waals surface area contributed by atoms with E-state index in [4.69, 9.17) is 27.9 Å². The molecule has 0 fully saturated rings. The standard InChI is InChI=1S/C31H37Cl2N3O5S/c1-4-34-31(38)28(21-23-12-7-6-8-13-23)35(22-24-17-18-25(32)26(33)20-24)30(37)16-11-19-36(42(3,39)40)27-14-9-10-15-29(27)41-5-2/h6-10,12-15,17-18,20,28H,4-5,11,16,19,21-22H2,1-3H3,(H,34,38)/t28-/m1/s1. The van der Waals surface area contributed by atoms with Crippen molar-refractivity contribution < 1.29 is 22.7 Å². The van der Waals surface area contributed by atoms with Gasteiger partial charge in [0.2, 0.25) is 21.8 Å². The average molecular weight is 635 g/mol. The number of para-hydroxylation sites is 2. The van der Waals surface area contributed by atoms with Crippen LogP contribution in [-0.2, 0) is 32.6 Å². The van der Waals surface area contributed by atoms with Gasteiger partial charge in [0.1, 0.15) is 11.8 Å². The topological polar surface area (TPSA) is 96.0 Å². The number of halogens is 2. The zero-order valence-corrected chi connectivity index (χ0v) is 26.4. The van der Waals surface area contributed by atoms with Crippen LogP contribution >= 0.6 is 23.2 Å². The summed E-state index contributed by atoms with van der Waals surface area (Å²) < 4.78 is 32.4. The largest absolute Gasteiger partial charge is 0.492 e. The van der Waals surface area contributed by atoms with Crippen LogP contribution in [0.5, 0.6) is 5.75 Å². The fourth-order valence-corrected chi connectivity index (χ4v) is 5.89. The van der Waals surface area contributed by atoms with Gasteiger partial charge >= 0.3 is 0 Å². The predicted molar refractivity (Wildman–Crippen MR) is 169 cm³/mol. The second-order valence-corrected chi connectivity index (χ2v) is 12.4. The molecule has 0 bridgehead atoms. The van der Waals surface area contributed by atoms with Gasteiger partial charge in [-0.3, -0.25) is 13.9 Å². The van der Waals surface area contributed by atoms with Crippen molar-refractivity contribution in [3.8, 4) is 5.75 Å². The monoisotopic (exact) mass is 633 g/mol. The maximum atomic E-state index is 13.9. The van der Waals surface area contributed by atoms with Gasteiger partial charge in [0.05, 0.1) is 28.6 Å². The number of benzene rings is 3. The van der Waals surface area contributed by atoms with Gasteiger partial charge in [-0.05, 0) is 55.7 Å². The summed E-state index contributed by atoms with van der Waals surface area (Å²) in [6.45, 7) is 4.60. The number of nitrogens with one attached hydrogen (secondary N) is 1. The molecule has 226 valence electrons. The highest BCUT2D eigenvalue weighted by atomic mass is 35.5. The molecule has 1 N–H and O–H groups in total. The maximum absolute atomic E-state index is 13.9. The van der Waals surface area contributed by atoms with Crippen molar-refractivity contribution >= 4 is 50.7 Å². The molecule has 0 saturated heterocycles. The van der Waals surface area contributed by atoms with Gasteiger partial charge in [0.15, 0.2) is 0 Å². The maximum Gasteiger partial charge on any atom is 0.243 e. The van der Waals surface area contributed by atoms with Crippen molar-refractivity contribution in [3.63, 3.8) is 0 Å². The molecule has 3 rings (SSSR count). The van der Waals surface area contributed by atoms with E-state index in [0.717, 1.165) is 11.8 Å². The Morgan fingerprint density at radius 1 is 0.929 bits per heavy atom. The second kappa shape index (κ2) is 15.8. The van der Waals surface area contributed by atoms with Crippen molar-refractivity contribution in [1.82, 2.24) is 10.2 Å². The summed E-state index contributed by atoms with van der Waals surface area (Å²) in [5, 5.41) is 3.59. The lowest BCUT2D eigenvalue weighted by atomic mass is 10.0. The summed E-state index contributed by atoms with van der Waals surface area (Å²) in [7, 11) is -3.68. The minimum atomic E-state index is -3.68. The van der Waals surface area contributed by atoms with Crippen LogP contribution in [0.4, 0.5) is 5.69 Å². The van der Waals surface area contributed by atoms with E-state index in [1.807, 2.05) is 44.2 Å². The van der Waals surface area contributed by atoms with E-state index < -0.39 is 16.1 Å². The van der Waals surface area contributed by atoms with E-state index in [1.165, 1.54) is 9.21 Å². The highest BCUT2D eigenvalue weighted by Gasteiger charge is 2.30. The summed E-state index contributed by atoms with van der Waals surface area (Å²) in [4.78, 5) is 28.8. The first kappa shape index (κ1) is 33.2. The van der Waals surface area contributed by atoms with Gasteiger partial charge in [0.25, 0.3) is 0 Å². The Labute approximate surface area is 258 Å². The van der Waals surface area contributed by atoms with Crippen molar-refractivity contribution in [2.45, 2.75) is 45.7 Å². The van der Waals surface area contributed by atoms with Crippen molar-refractivity contribution in [3.05, 3.63) is 94.0 Å². The number of carbonyl (C=O) groups is 2. The number of amides is 2. The predicted octanol–water partition coefficient (Wildman–Crippen LogP) is 5.71. The van der Waals surface area contributed by atoms with E-state index in [2.05, 4.69) is 5.32 Å². The van der Waals surface area contributed by atoms with Gasteiger partial charge in [0, 0.05) is 32.5 Å². The molecule has 8 nitrogen and oxygen atoms in total. The number of likely N-dealkylation sites (N-methyl/N-ethyl adjacent to an activating group) is 1. The fraction of sp³-hybridized carbons (Fsp3) is 0.355. The summed E-state index contributed by atoms with van der Waals surface area (Å²) in [5.74, 6) is -0.130. The summed E-state index contributed by atoms with van der Waals surface area (Å²) in [6, 6.07) is 20.7. The number of hydrogen-bond donors (Lipinski definition) is 1. The van der Waals surface area contributed by atoms with Gasteiger partial charge in [-0.15, -0.1) is 0 Å². The molecule has 0 aliphatic heterocycles. The molecule has 0 aliphatic carbocycles. The van der Waals surface area contributed by atoms with Crippen molar-refractivity contribution in [2.24, 2.45) is 0 Å². The van der Waals surface area contributed by atoms with Crippen LogP contribution in [0, 0.1) is 0 Å². The number of rotatable bonds is 15. The summed E-state index contributed by atoms with van der Waals surface area (Å²) in [5.41, 5.74) is 2.02. The van der Waals surface area contributed by atoms with Crippen LogP contribution in [-0.4, -0.2) is 57.1 Å². The SMILES string of the molecule is CCNC(=O)[C@@H](Cc1ccccc1)N(Cc1ccc(Cl)c(Cl)c1)C(=O)CCCN(c1ccccc1OCC)S(C)(=O)=O. The lowest BCUT2D eigenvalue weighted by Gasteiger charge is -2.32. The van der Waals surface area contributed by atoms with Crippen LogP contribution in [0.3, 0.4) is 0 Å². The van der Waals surface area contributed by atoms with Crippen LogP contribution in [0.25, 0.3) is 0 Å². The number of sulfonamides is 1. The van der Waals surface area contributed by atoms with Crippen molar-refractivity contribution in [2.75, 3.05) is 30.3 Å². The Morgan fingerprint density at radius 3 is 2.26 bits per heavy atom. The Bertz CT molecular complexity index is 1450. The van der Waals surface area contributed by atoms with E-state index >= 15 is 0 Å². The molecule has 1 atom stereocenters. The Kier molecular flexibility index (Phi) is 12.5. The smallest absolute Gasteiger partial charge is 0.243 e. The van der Waals surface area contributed by atoms with E-state index in [-0.39, 0.29) is 37.7 Å². The first-order chi connectivity index (χ1) is 20.0. The number of hydrogen-bond acceptors (Lipinski definition) is 5. The molecule has 0 aliphatic rings. The van der Waals surface area contributed by atoms with Crippen LogP contribution in [0.15, 0.2) is 72.8 Å². The minimum absolute atomic E-state index is 0.00877. The zero-order chi connectivity index (χ0) is 30.7. The summed E-state index contributed by atoms with van der Waals surface area (Å²) in [6.07, 6.45) is 1.66. The van der Waals surface area contributed by atoms with Gasteiger partial charge in [-0.25, -0.2) is 8.42 Å². The number of anilines is 1. The van der Waals surface area contributed by atoms with Crippen molar-refractivity contribution in [1.29, 1.82) is 0 Å². The average Bonchev–Trinajstić information content (AvgIpc) is 2.95. The third kappa shape index (κ3) is 9.37. The highest BCUT2D eigenvalue weighted by molar-refractivity contribution is 7.92. The van der Waals surface area contributed by atoms with Gasteiger partial charge in [-0.2, -0.15) is 0 Å². The molecule has 42 heavy (non-hydrogen) atoms. The highest BCUT2D eigenvalue weighted by Crippen LogP contribution is 2.30. The molecule has 3 aromatic rings. The molecule has 0 aromatic heterocycles. The number of ether oxygens (including phenoxy) is 1. The van der Waals surface area contributed by atoms with E-state index in [9.17, 15) is 18.0 Å². The number of nitrogens with zero attached hydrogens (tertiary/aromatic N) is 2. The molecular weight excluding hydrogens is 597 g/mol. The normalized spacial score (nSPS) is 11.9. The van der Waals surface area contributed by atoms with E-state index in [0.29, 0.717) is 46.6 Å². The fourth-order valence-electron chi connectivity index (χ4n) is 4.60. The van der Waals surface area contributed by atoms with Crippen LogP contribution < -0.4 is 14.4 Å². The lowest BCUT2D eigenvalue weighted by molar-refractivity contribution is -0.141. The second-order valence-electron chi connectivity index (χ2n) is 9.71. The molecule has 0 unspecified atom stereocenters. The molecular formula is C31H37Cl2N3O5S. The molecule has 2 amide bonds. The molecule has 3 aromatic carbocycles. The number of carbonyl (C=O) groups excluding carboxylic acids is 2. The van der Waals surface area contributed by atoms with Gasteiger partial charge in [-0.1, -0.05) is 71.7 Å². The molecule has 11 heteroatoms.